The highest BCUT2D eigenvalue weighted by Crippen LogP contribution is 2.31. The van der Waals surface area contributed by atoms with Crippen molar-refractivity contribution in [2.24, 2.45) is 0 Å². The topological polar surface area (TPSA) is 40.6 Å². The molecule has 4 nitrogen and oxygen atoms in total. The molecule has 3 rings (SSSR count). The second-order valence-electron chi connectivity index (χ2n) is 7.09. The minimum Gasteiger partial charge on any atom is -0.342 e. The standard InChI is InChI=1S/C20H27FN2O2/c21-17-10-8-16(9-11-17)18-6-3-5-14-23(18)20(25)12-15-22-13-4-1-2-7-19(22)24/h8-11,18H,1-7,12-15H2/t18-/m1/s1. The summed E-state index contributed by atoms with van der Waals surface area (Å²) in [5.74, 6) is 0.0298. The molecule has 2 saturated heterocycles. The molecule has 0 aliphatic carbocycles. The van der Waals surface area contributed by atoms with Crippen LogP contribution in [-0.4, -0.2) is 41.2 Å². The molecule has 2 fully saturated rings. The van der Waals surface area contributed by atoms with E-state index < -0.39 is 0 Å². The van der Waals surface area contributed by atoms with E-state index >= 15 is 0 Å². The van der Waals surface area contributed by atoms with E-state index in [1.165, 1.54) is 12.1 Å². The number of halogens is 1. The minimum absolute atomic E-state index is 0.0293. The Bertz CT molecular complexity index is 602. The summed E-state index contributed by atoms with van der Waals surface area (Å²) in [5.41, 5.74) is 1.00. The van der Waals surface area contributed by atoms with Gasteiger partial charge < -0.3 is 9.80 Å². The summed E-state index contributed by atoms with van der Waals surface area (Å²) in [7, 11) is 0. The van der Waals surface area contributed by atoms with Gasteiger partial charge in [-0.15, -0.1) is 0 Å². The summed E-state index contributed by atoms with van der Waals surface area (Å²) in [4.78, 5) is 28.7. The number of hydrogen-bond acceptors (Lipinski definition) is 2. The van der Waals surface area contributed by atoms with Crippen molar-refractivity contribution < 1.29 is 14.0 Å². The number of amides is 2. The molecule has 5 heteroatoms. The molecule has 0 bridgehead atoms. The minimum atomic E-state index is -0.253. The normalized spacial score (nSPS) is 22.0. The third-order valence-corrected chi connectivity index (χ3v) is 5.34. The molecular weight excluding hydrogens is 319 g/mol. The maximum absolute atomic E-state index is 13.2. The highest BCUT2D eigenvalue weighted by Gasteiger charge is 2.28. The van der Waals surface area contributed by atoms with Crippen LogP contribution in [0.3, 0.4) is 0 Å². The van der Waals surface area contributed by atoms with E-state index in [0.717, 1.165) is 57.2 Å². The van der Waals surface area contributed by atoms with Crippen LogP contribution in [0.2, 0.25) is 0 Å². The van der Waals surface area contributed by atoms with Gasteiger partial charge in [0.25, 0.3) is 0 Å². The molecule has 0 radical (unpaired) electrons. The Kier molecular flexibility index (Phi) is 6.05. The lowest BCUT2D eigenvalue weighted by atomic mass is 9.95. The van der Waals surface area contributed by atoms with Gasteiger partial charge in [0.1, 0.15) is 5.82 Å². The lowest BCUT2D eigenvalue weighted by Gasteiger charge is -2.36. The van der Waals surface area contributed by atoms with Crippen LogP contribution in [0.25, 0.3) is 0 Å². The molecule has 0 aromatic heterocycles. The van der Waals surface area contributed by atoms with Crippen LogP contribution in [-0.2, 0) is 9.59 Å². The highest BCUT2D eigenvalue weighted by molar-refractivity contribution is 5.79. The van der Waals surface area contributed by atoms with Crippen LogP contribution in [0, 0.1) is 5.82 Å². The fourth-order valence-corrected chi connectivity index (χ4v) is 3.91. The first-order valence-corrected chi connectivity index (χ1v) is 9.48. The van der Waals surface area contributed by atoms with Gasteiger partial charge in [0, 0.05) is 32.5 Å². The molecule has 0 spiro atoms. The van der Waals surface area contributed by atoms with E-state index in [-0.39, 0.29) is 23.7 Å². The second kappa shape index (κ2) is 8.45. The lowest BCUT2D eigenvalue weighted by Crippen LogP contribution is -2.41. The van der Waals surface area contributed by atoms with Crippen LogP contribution in [0.1, 0.15) is 63.0 Å². The summed E-state index contributed by atoms with van der Waals surface area (Å²) in [6.45, 7) is 2.03. The largest absolute Gasteiger partial charge is 0.342 e. The first-order valence-electron chi connectivity index (χ1n) is 9.48. The number of rotatable bonds is 4. The molecule has 2 amide bonds. The fraction of sp³-hybridized carbons (Fsp3) is 0.600. The maximum atomic E-state index is 13.2. The van der Waals surface area contributed by atoms with Crippen molar-refractivity contribution >= 4 is 11.8 Å². The summed E-state index contributed by atoms with van der Waals surface area (Å²) < 4.78 is 13.2. The third kappa shape index (κ3) is 4.59. The molecule has 1 aromatic carbocycles. The summed E-state index contributed by atoms with van der Waals surface area (Å²) >= 11 is 0. The fourth-order valence-electron chi connectivity index (χ4n) is 3.91. The molecule has 2 aliphatic heterocycles. The monoisotopic (exact) mass is 346 g/mol. The average molecular weight is 346 g/mol. The van der Waals surface area contributed by atoms with Crippen molar-refractivity contribution in [3.63, 3.8) is 0 Å². The highest BCUT2D eigenvalue weighted by atomic mass is 19.1. The van der Waals surface area contributed by atoms with Gasteiger partial charge >= 0.3 is 0 Å². The van der Waals surface area contributed by atoms with Crippen LogP contribution in [0.15, 0.2) is 24.3 Å². The van der Waals surface area contributed by atoms with E-state index in [0.29, 0.717) is 19.4 Å². The van der Waals surface area contributed by atoms with Gasteiger partial charge in [-0.2, -0.15) is 0 Å². The van der Waals surface area contributed by atoms with Crippen LogP contribution in [0.4, 0.5) is 4.39 Å². The molecule has 0 unspecified atom stereocenters. The summed E-state index contributed by atoms with van der Waals surface area (Å²) in [6.07, 6.45) is 7.07. The van der Waals surface area contributed by atoms with Crippen molar-refractivity contribution in [1.29, 1.82) is 0 Å². The van der Waals surface area contributed by atoms with E-state index in [9.17, 15) is 14.0 Å². The number of nitrogens with zero attached hydrogens (tertiary/aromatic N) is 2. The first kappa shape index (κ1) is 17.9. The van der Waals surface area contributed by atoms with Gasteiger partial charge in [0.15, 0.2) is 0 Å². The van der Waals surface area contributed by atoms with Gasteiger partial charge in [0.2, 0.25) is 11.8 Å². The van der Waals surface area contributed by atoms with Crippen LogP contribution < -0.4 is 0 Å². The molecule has 25 heavy (non-hydrogen) atoms. The van der Waals surface area contributed by atoms with Crippen molar-refractivity contribution in [2.45, 2.75) is 57.4 Å². The Morgan fingerprint density at radius 2 is 1.80 bits per heavy atom. The third-order valence-electron chi connectivity index (χ3n) is 5.34. The van der Waals surface area contributed by atoms with Crippen molar-refractivity contribution in [3.05, 3.63) is 35.6 Å². The molecular formula is C20H27FN2O2. The van der Waals surface area contributed by atoms with E-state index in [1.807, 2.05) is 9.80 Å². The van der Waals surface area contributed by atoms with Crippen molar-refractivity contribution in [1.82, 2.24) is 9.80 Å². The van der Waals surface area contributed by atoms with Gasteiger partial charge in [-0.1, -0.05) is 18.6 Å². The molecule has 0 N–H and O–H groups in total. The summed E-state index contributed by atoms with van der Waals surface area (Å²) in [6, 6.07) is 6.51. The molecule has 2 aliphatic rings. The predicted molar refractivity (Wildman–Crippen MR) is 94.4 cm³/mol. The number of piperidine rings is 1. The summed E-state index contributed by atoms with van der Waals surface area (Å²) in [5, 5.41) is 0. The predicted octanol–water partition coefficient (Wildman–Crippen LogP) is 3.67. The Balaban J connectivity index is 1.62. The maximum Gasteiger partial charge on any atom is 0.224 e. The van der Waals surface area contributed by atoms with E-state index in [1.54, 1.807) is 12.1 Å². The Hall–Kier alpha value is -1.91. The Morgan fingerprint density at radius 1 is 1.04 bits per heavy atom. The van der Waals surface area contributed by atoms with Crippen molar-refractivity contribution in [3.8, 4) is 0 Å². The Morgan fingerprint density at radius 3 is 2.60 bits per heavy atom. The van der Waals surface area contributed by atoms with Crippen LogP contribution >= 0.6 is 0 Å². The smallest absolute Gasteiger partial charge is 0.224 e. The quantitative estimate of drug-likeness (QED) is 0.834. The van der Waals surface area contributed by atoms with Gasteiger partial charge in [0.05, 0.1) is 6.04 Å². The second-order valence-corrected chi connectivity index (χ2v) is 7.09. The molecule has 1 atom stereocenters. The van der Waals surface area contributed by atoms with Gasteiger partial charge in [-0.25, -0.2) is 4.39 Å². The molecule has 136 valence electrons. The Labute approximate surface area is 149 Å². The van der Waals surface area contributed by atoms with E-state index in [4.69, 9.17) is 0 Å². The van der Waals surface area contributed by atoms with Gasteiger partial charge in [-0.05, 0) is 49.8 Å². The number of likely N-dealkylation sites (tertiary alicyclic amines) is 2. The zero-order valence-electron chi connectivity index (χ0n) is 14.8. The first-order chi connectivity index (χ1) is 12.1. The zero-order chi connectivity index (χ0) is 17.6. The SMILES string of the molecule is O=C1CCCCCN1CCC(=O)N1CCCC[C@@H]1c1ccc(F)cc1. The number of hydrogen-bond donors (Lipinski definition) is 0. The molecule has 1 aromatic rings. The molecule has 2 heterocycles. The van der Waals surface area contributed by atoms with Crippen molar-refractivity contribution in [2.75, 3.05) is 19.6 Å². The average Bonchev–Trinajstić information content (AvgIpc) is 2.84. The van der Waals surface area contributed by atoms with Crippen LogP contribution in [0.5, 0.6) is 0 Å². The number of carbonyl (C=O) groups is 2. The number of carbonyl (C=O) groups excluding carboxylic acids is 2. The van der Waals surface area contributed by atoms with E-state index in [2.05, 4.69) is 0 Å². The molecule has 0 saturated carbocycles. The zero-order valence-corrected chi connectivity index (χ0v) is 14.8. The van der Waals surface area contributed by atoms with Gasteiger partial charge in [-0.3, -0.25) is 9.59 Å². The lowest BCUT2D eigenvalue weighted by molar-refractivity contribution is -0.136. The number of benzene rings is 1.